The number of benzene rings is 1. The van der Waals surface area contributed by atoms with Crippen LogP contribution in [0.3, 0.4) is 0 Å². The standard InChI is InChI=1S/C13H16BrClFN/c14-13-10(4-1-5-11(13)16)8-17-12-6-2-3-9(12)7-15/h1,4-5,9,12,17H,2-3,6-8H2. The second-order valence-corrected chi connectivity index (χ2v) is 5.65. The smallest absolute Gasteiger partial charge is 0.137 e. The molecule has 2 atom stereocenters. The lowest BCUT2D eigenvalue weighted by atomic mass is 10.1. The molecule has 0 amide bonds. The highest BCUT2D eigenvalue weighted by atomic mass is 79.9. The van der Waals surface area contributed by atoms with Crippen molar-refractivity contribution in [2.45, 2.75) is 31.8 Å². The molecule has 0 heterocycles. The van der Waals surface area contributed by atoms with Crippen LogP contribution in [0.15, 0.2) is 22.7 Å². The van der Waals surface area contributed by atoms with Crippen molar-refractivity contribution in [3.8, 4) is 0 Å². The molecule has 1 aromatic carbocycles. The van der Waals surface area contributed by atoms with E-state index >= 15 is 0 Å². The van der Waals surface area contributed by atoms with Crippen molar-refractivity contribution in [3.63, 3.8) is 0 Å². The van der Waals surface area contributed by atoms with E-state index in [1.54, 1.807) is 6.07 Å². The van der Waals surface area contributed by atoms with Crippen LogP contribution in [-0.2, 0) is 6.54 Å². The first-order valence-corrected chi connectivity index (χ1v) is 7.27. The van der Waals surface area contributed by atoms with Crippen molar-refractivity contribution in [3.05, 3.63) is 34.1 Å². The Labute approximate surface area is 115 Å². The minimum absolute atomic E-state index is 0.204. The molecule has 0 bridgehead atoms. The number of rotatable bonds is 4. The SMILES string of the molecule is Fc1cccc(CNC2CCCC2CCl)c1Br. The van der Waals surface area contributed by atoms with Gasteiger partial charge in [0, 0.05) is 18.5 Å². The summed E-state index contributed by atoms with van der Waals surface area (Å²) in [5.41, 5.74) is 0.963. The molecule has 94 valence electrons. The van der Waals surface area contributed by atoms with Gasteiger partial charge in [-0.05, 0) is 46.3 Å². The summed E-state index contributed by atoms with van der Waals surface area (Å²) >= 11 is 9.21. The van der Waals surface area contributed by atoms with Crippen LogP contribution in [0.1, 0.15) is 24.8 Å². The lowest BCUT2D eigenvalue weighted by Gasteiger charge is -2.19. The van der Waals surface area contributed by atoms with Crippen LogP contribution in [0.4, 0.5) is 4.39 Å². The lowest BCUT2D eigenvalue weighted by Crippen LogP contribution is -2.32. The minimum atomic E-state index is -0.204. The summed E-state index contributed by atoms with van der Waals surface area (Å²) in [6, 6.07) is 5.61. The Balaban J connectivity index is 1.95. The first kappa shape index (κ1) is 13.3. The average molecular weight is 321 g/mol. The summed E-state index contributed by atoms with van der Waals surface area (Å²) < 4.78 is 13.9. The Kier molecular flexibility index (Phi) is 4.83. The molecule has 1 fully saturated rings. The predicted octanol–water partition coefficient (Wildman–Crippen LogP) is 4.09. The quantitative estimate of drug-likeness (QED) is 0.824. The maximum atomic E-state index is 13.3. The summed E-state index contributed by atoms with van der Waals surface area (Å²) in [6.45, 7) is 0.691. The van der Waals surface area contributed by atoms with Gasteiger partial charge in [0.05, 0.1) is 4.47 Å². The number of halogens is 3. The zero-order valence-corrected chi connectivity index (χ0v) is 11.9. The molecule has 1 nitrogen and oxygen atoms in total. The minimum Gasteiger partial charge on any atom is -0.310 e. The van der Waals surface area contributed by atoms with Crippen LogP contribution < -0.4 is 5.32 Å². The molecule has 0 saturated heterocycles. The molecule has 1 aliphatic rings. The van der Waals surface area contributed by atoms with Crippen molar-refractivity contribution < 1.29 is 4.39 Å². The summed E-state index contributed by atoms with van der Waals surface area (Å²) in [5, 5.41) is 3.49. The third kappa shape index (κ3) is 3.21. The number of alkyl halides is 1. The van der Waals surface area contributed by atoms with Crippen molar-refractivity contribution in [2.24, 2.45) is 5.92 Å². The van der Waals surface area contributed by atoms with E-state index in [2.05, 4.69) is 21.2 Å². The van der Waals surface area contributed by atoms with Gasteiger partial charge in [0.25, 0.3) is 0 Å². The molecule has 1 aromatic rings. The van der Waals surface area contributed by atoms with Crippen molar-refractivity contribution in [2.75, 3.05) is 5.88 Å². The molecule has 1 saturated carbocycles. The third-order valence-corrected chi connectivity index (χ3v) is 4.73. The van der Waals surface area contributed by atoms with E-state index in [-0.39, 0.29) is 5.82 Å². The van der Waals surface area contributed by atoms with E-state index in [4.69, 9.17) is 11.6 Å². The van der Waals surface area contributed by atoms with E-state index in [0.717, 1.165) is 5.56 Å². The molecule has 1 aliphatic carbocycles. The molecule has 0 radical (unpaired) electrons. The zero-order valence-electron chi connectivity index (χ0n) is 9.56. The van der Waals surface area contributed by atoms with Gasteiger partial charge in [0.15, 0.2) is 0 Å². The fraction of sp³-hybridized carbons (Fsp3) is 0.538. The maximum Gasteiger partial charge on any atom is 0.137 e. The lowest BCUT2D eigenvalue weighted by molar-refractivity contribution is 0.428. The van der Waals surface area contributed by atoms with E-state index in [0.29, 0.717) is 28.9 Å². The fourth-order valence-electron chi connectivity index (χ4n) is 2.42. The van der Waals surface area contributed by atoms with E-state index < -0.39 is 0 Å². The van der Waals surface area contributed by atoms with Gasteiger partial charge in [-0.2, -0.15) is 0 Å². The molecular formula is C13H16BrClFN. The Morgan fingerprint density at radius 2 is 2.24 bits per heavy atom. The van der Waals surface area contributed by atoms with Crippen LogP contribution in [0.5, 0.6) is 0 Å². The molecule has 4 heteroatoms. The van der Waals surface area contributed by atoms with Crippen LogP contribution in [-0.4, -0.2) is 11.9 Å². The molecule has 2 rings (SSSR count). The highest BCUT2D eigenvalue weighted by Crippen LogP contribution is 2.27. The second-order valence-electron chi connectivity index (χ2n) is 4.55. The average Bonchev–Trinajstić information content (AvgIpc) is 2.78. The Morgan fingerprint density at radius 1 is 1.41 bits per heavy atom. The van der Waals surface area contributed by atoms with Gasteiger partial charge in [-0.1, -0.05) is 18.6 Å². The largest absolute Gasteiger partial charge is 0.310 e. The number of hydrogen-bond donors (Lipinski definition) is 1. The molecule has 0 spiro atoms. The Morgan fingerprint density at radius 3 is 3.00 bits per heavy atom. The molecule has 0 aliphatic heterocycles. The van der Waals surface area contributed by atoms with E-state index in [1.165, 1.54) is 25.3 Å². The Bertz CT molecular complexity index is 386. The highest BCUT2D eigenvalue weighted by Gasteiger charge is 2.25. The van der Waals surface area contributed by atoms with Gasteiger partial charge in [-0.25, -0.2) is 4.39 Å². The van der Waals surface area contributed by atoms with Crippen molar-refractivity contribution >= 4 is 27.5 Å². The van der Waals surface area contributed by atoms with Gasteiger partial charge in [0.1, 0.15) is 5.82 Å². The zero-order chi connectivity index (χ0) is 12.3. The fourth-order valence-corrected chi connectivity index (χ4v) is 3.19. The molecule has 0 aromatic heterocycles. The molecule has 17 heavy (non-hydrogen) atoms. The van der Waals surface area contributed by atoms with Gasteiger partial charge in [-0.15, -0.1) is 11.6 Å². The van der Waals surface area contributed by atoms with Crippen LogP contribution >= 0.6 is 27.5 Å². The summed E-state index contributed by atoms with van der Waals surface area (Å²) in [7, 11) is 0. The predicted molar refractivity (Wildman–Crippen MR) is 72.8 cm³/mol. The van der Waals surface area contributed by atoms with Gasteiger partial charge in [0.2, 0.25) is 0 Å². The summed E-state index contributed by atoms with van der Waals surface area (Å²) in [5.74, 6) is 1.07. The van der Waals surface area contributed by atoms with Gasteiger partial charge >= 0.3 is 0 Å². The van der Waals surface area contributed by atoms with E-state index in [9.17, 15) is 4.39 Å². The van der Waals surface area contributed by atoms with Gasteiger partial charge < -0.3 is 5.32 Å². The topological polar surface area (TPSA) is 12.0 Å². The van der Waals surface area contributed by atoms with E-state index in [1.807, 2.05) is 6.07 Å². The number of hydrogen-bond acceptors (Lipinski definition) is 1. The first-order chi connectivity index (χ1) is 8.22. The van der Waals surface area contributed by atoms with Crippen LogP contribution in [0, 0.1) is 11.7 Å². The molecular weight excluding hydrogens is 305 g/mol. The first-order valence-electron chi connectivity index (χ1n) is 5.94. The normalized spacial score (nSPS) is 24.2. The van der Waals surface area contributed by atoms with Crippen molar-refractivity contribution in [1.29, 1.82) is 0 Å². The van der Waals surface area contributed by atoms with Crippen molar-refractivity contribution in [1.82, 2.24) is 5.32 Å². The highest BCUT2D eigenvalue weighted by molar-refractivity contribution is 9.10. The van der Waals surface area contributed by atoms with Crippen LogP contribution in [0.2, 0.25) is 0 Å². The Hall–Kier alpha value is -0.120. The second kappa shape index (κ2) is 6.17. The molecule has 1 N–H and O–H groups in total. The summed E-state index contributed by atoms with van der Waals surface area (Å²) in [4.78, 5) is 0. The van der Waals surface area contributed by atoms with Crippen LogP contribution in [0.25, 0.3) is 0 Å². The maximum absolute atomic E-state index is 13.3. The summed E-state index contributed by atoms with van der Waals surface area (Å²) in [6.07, 6.45) is 3.61. The monoisotopic (exact) mass is 319 g/mol. The molecule has 2 unspecified atom stereocenters. The van der Waals surface area contributed by atoms with Gasteiger partial charge in [-0.3, -0.25) is 0 Å². The third-order valence-electron chi connectivity index (χ3n) is 3.44. The number of nitrogens with one attached hydrogen (secondary N) is 1.